The third-order valence-electron chi connectivity index (χ3n) is 4.10. The average Bonchev–Trinajstić information content (AvgIpc) is 2.60. The molecule has 2 atom stereocenters. The molecule has 1 heterocycles. The second kappa shape index (κ2) is 9.47. The van der Waals surface area contributed by atoms with Crippen molar-refractivity contribution in [3.05, 3.63) is 42.5 Å². The van der Waals surface area contributed by atoms with E-state index in [1.807, 2.05) is 27.7 Å². The molecule has 22 heavy (non-hydrogen) atoms. The van der Waals surface area contributed by atoms with Gasteiger partial charge in [-0.05, 0) is 36.8 Å². The van der Waals surface area contributed by atoms with Gasteiger partial charge in [-0.25, -0.2) is 0 Å². The zero-order valence-corrected chi connectivity index (χ0v) is 15.1. The molecule has 0 bridgehead atoms. The fourth-order valence-electron chi connectivity index (χ4n) is 2.78. The first-order valence-corrected chi connectivity index (χ1v) is 8.74. The molecule has 1 fully saturated rings. The van der Waals surface area contributed by atoms with Gasteiger partial charge in [-0.1, -0.05) is 58.0 Å². The minimum absolute atomic E-state index is 0.542. The van der Waals surface area contributed by atoms with Crippen molar-refractivity contribution in [1.29, 1.82) is 0 Å². The summed E-state index contributed by atoms with van der Waals surface area (Å²) in [6.07, 6.45) is 0. The smallest absolute Gasteiger partial charge is 0.0412 e. The first-order valence-electron chi connectivity index (χ1n) is 8.74. The summed E-state index contributed by atoms with van der Waals surface area (Å²) >= 11 is 0. The molecule has 0 aromatic heterocycles. The Balaban J connectivity index is 0.000000561. The Kier molecular flexibility index (Phi) is 7.97. The summed E-state index contributed by atoms with van der Waals surface area (Å²) in [6, 6.07) is 16.4. The highest BCUT2D eigenvalue weighted by atomic mass is 15.2. The van der Waals surface area contributed by atoms with E-state index in [9.17, 15) is 0 Å². The first-order chi connectivity index (χ1) is 10.8. The van der Waals surface area contributed by atoms with Crippen molar-refractivity contribution in [3.63, 3.8) is 0 Å². The van der Waals surface area contributed by atoms with Crippen LogP contribution in [0.1, 0.15) is 41.5 Å². The zero-order chi connectivity index (χ0) is 16.5. The van der Waals surface area contributed by atoms with Crippen LogP contribution in [0.2, 0.25) is 0 Å². The van der Waals surface area contributed by atoms with Gasteiger partial charge in [0.2, 0.25) is 0 Å². The highest BCUT2D eigenvalue weighted by Crippen LogP contribution is 2.25. The van der Waals surface area contributed by atoms with Crippen LogP contribution in [0.15, 0.2) is 42.5 Å². The predicted molar refractivity (Wildman–Crippen MR) is 101 cm³/mol. The molecule has 2 aromatic carbocycles. The lowest BCUT2D eigenvalue weighted by molar-refractivity contribution is 0.404. The molecule has 0 saturated carbocycles. The maximum atomic E-state index is 3.53. The third kappa shape index (κ3) is 4.23. The number of fused-ring (bicyclic) bond motifs is 1. The summed E-state index contributed by atoms with van der Waals surface area (Å²) in [5.41, 5.74) is 1.34. The van der Waals surface area contributed by atoms with Crippen molar-refractivity contribution in [2.75, 3.05) is 18.0 Å². The standard InChI is InChI=1S/C16H20N2.2C2H6/c1-12-13(2)18(10-9-17-12)16-8-7-14-5-3-4-6-15(14)11-16;2*1-2/h3-8,11-13,17H,9-10H2,1-2H3;2*1-2H3. The topological polar surface area (TPSA) is 15.3 Å². The van der Waals surface area contributed by atoms with E-state index >= 15 is 0 Å². The van der Waals surface area contributed by atoms with E-state index < -0.39 is 0 Å². The minimum atomic E-state index is 0.542. The molecule has 1 aliphatic rings. The Labute approximate surface area is 136 Å². The molecule has 2 aromatic rings. The summed E-state index contributed by atoms with van der Waals surface area (Å²) < 4.78 is 0. The van der Waals surface area contributed by atoms with Gasteiger partial charge < -0.3 is 10.2 Å². The van der Waals surface area contributed by atoms with Gasteiger partial charge in [-0.15, -0.1) is 0 Å². The van der Waals surface area contributed by atoms with E-state index in [2.05, 4.69) is 66.5 Å². The maximum Gasteiger partial charge on any atom is 0.0412 e. The van der Waals surface area contributed by atoms with Crippen LogP contribution in [-0.4, -0.2) is 25.2 Å². The van der Waals surface area contributed by atoms with Gasteiger partial charge in [0.15, 0.2) is 0 Å². The molecule has 2 nitrogen and oxygen atoms in total. The second-order valence-corrected chi connectivity index (χ2v) is 5.21. The third-order valence-corrected chi connectivity index (χ3v) is 4.10. The normalized spacial score (nSPS) is 20.5. The summed E-state index contributed by atoms with van der Waals surface area (Å²) in [5.74, 6) is 0. The molecular weight excluding hydrogens is 268 g/mol. The van der Waals surface area contributed by atoms with Gasteiger partial charge in [-0.3, -0.25) is 0 Å². The SMILES string of the molecule is CC.CC.CC1NCCN(c2ccc3ccccc3c2)C1C. The Morgan fingerprint density at radius 3 is 2.23 bits per heavy atom. The largest absolute Gasteiger partial charge is 0.366 e. The molecule has 2 heteroatoms. The Morgan fingerprint density at radius 2 is 1.55 bits per heavy atom. The summed E-state index contributed by atoms with van der Waals surface area (Å²) in [4.78, 5) is 2.51. The van der Waals surface area contributed by atoms with Crippen LogP contribution in [0.3, 0.4) is 0 Å². The summed E-state index contributed by atoms with van der Waals surface area (Å²) in [7, 11) is 0. The van der Waals surface area contributed by atoms with Crippen LogP contribution < -0.4 is 10.2 Å². The maximum absolute atomic E-state index is 3.53. The lowest BCUT2D eigenvalue weighted by Crippen LogP contribution is -2.55. The van der Waals surface area contributed by atoms with E-state index in [0.29, 0.717) is 12.1 Å². The number of rotatable bonds is 1. The van der Waals surface area contributed by atoms with Gasteiger partial charge in [0.25, 0.3) is 0 Å². The van der Waals surface area contributed by atoms with Gasteiger partial charge in [-0.2, -0.15) is 0 Å². The van der Waals surface area contributed by atoms with Crippen LogP contribution >= 0.6 is 0 Å². The van der Waals surface area contributed by atoms with Crippen molar-refractivity contribution in [1.82, 2.24) is 5.32 Å². The number of nitrogens with one attached hydrogen (secondary N) is 1. The molecular formula is C20H32N2. The van der Waals surface area contributed by atoms with Crippen molar-refractivity contribution < 1.29 is 0 Å². The van der Waals surface area contributed by atoms with Crippen LogP contribution in [-0.2, 0) is 0 Å². The van der Waals surface area contributed by atoms with Gasteiger partial charge in [0.05, 0.1) is 0 Å². The fourth-order valence-corrected chi connectivity index (χ4v) is 2.78. The van der Waals surface area contributed by atoms with Gasteiger partial charge >= 0.3 is 0 Å². The summed E-state index contributed by atoms with van der Waals surface area (Å²) in [6.45, 7) is 14.7. The monoisotopic (exact) mass is 300 g/mol. The molecule has 3 rings (SSSR count). The van der Waals surface area contributed by atoms with E-state index in [1.165, 1.54) is 16.5 Å². The molecule has 2 unspecified atom stereocenters. The number of benzene rings is 2. The van der Waals surface area contributed by atoms with E-state index in [1.54, 1.807) is 0 Å². The molecule has 1 saturated heterocycles. The zero-order valence-electron chi connectivity index (χ0n) is 15.1. The predicted octanol–water partition coefficient (Wildman–Crippen LogP) is 5.08. The highest BCUT2D eigenvalue weighted by Gasteiger charge is 2.24. The molecule has 0 spiro atoms. The Bertz CT molecular complexity index is 550. The molecule has 1 N–H and O–H groups in total. The Hall–Kier alpha value is -1.54. The van der Waals surface area contributed by atoms with Gasteiger partial charge in [0, 0.05) is 30.9 Å². The quantitative estimate of drug-likeness (QED) is 0.790. The molecule has 0 radical (unpaired) electrons. The fraction of sp³-hybridized carbons (Fsp3) is 0.500. The highest BCUT2D eigenvalue weighted by molar-refractivity contribution is 5.85. The van der Waals surface area contributed by atoms with Crippen molar-refractivity contribution in [3.8, 4) is 0 Å². The molecule has 0 amide bonds. The van der Waals surface area contributed by atoms with Crippen LogP contribution in [0.5, 0.6) is 0 Å². The lowest BCUT2D eigenvalue weighted by Gasteiger charge is -2.40. The Morgan fingerprint density at radius 1 is 0.909 bits per heavy atom. The van der Waals surface area contributed by atoms with Crippen molar-refractivity contribution in [2.24, 2.45) is 0 Å². The van der Waals surface area contributed by atoms with Crippen LogP contribution in [0, 0.1) is 0 Å². The number of hydrogen-bond donors (Lipinski definition) is 1. The van der Waals surface area contributed by atoms with E-state index in [4.69, 9.17) is 0 Å². The van der Waals surface area contributed by atoms with Crippen LogP contribution in [0.25, 0.3) is 10.8 Å². The van der Waals surface area contributed by atoms with E-state index in [0.717, 1.165) is 13.1 Å². The first kappa shape index (κ1) is 18.5. The number of nitrogens with zero attached hydrogens (tertiary/aromatic N) is 1. The minimum Gasteiger partial charge on any atom is -0.366 e. The van der Waals surface area contributed by atoms with Crippen LogP contribution in [0.4, 0.5) is 5.69 Å². The molecule has 122 valence electrons. The average molecular weight is 300 g/mol. The number of anilines is 1. The number of piperazine rings is 1. The molecule has 0 aliphatic carbocycles. The van der Waals surface area contributed by atoms with E-state index in [-0.39, 0.29) is 0 Å². The second-order valence-electron chi connectivity index (χ2n) is 5.21. The summed E-state index contributed by atoms with van der Waals surface area (Å²) in [5, 5.41) is 6.17. The lowest BCUT2D eigenvalue weighted by atomic mass is 10.0. The van der Waals surface area contributed by atoms with Gasteiger partial charge in [0.1, 0.15) is 0 Å². The van der Waals surface area contributed by atoms with Crippen molar-refractivity contribution in [2.45, 2.75) is 53.6 Å². The number of hydrogen-bond acceptors (Lipinski definition) is 2. The molecule has 1 aliphatic heterocycles. The van der Waals surface area contributed by atoms with Crippen molar-refractivity contribution >= 4 is 16.5 Å².